The Morgan fingerprint density at radius 3 is 2.43 bits per heavy atom. The van der Waals surface area contributed by atoms with Crippen molar-refractivity contribution in [1.29, 1.82) is 0 Å². The van der Waals surface area contributed by atoms with E-state index < -0.39 is 0 Å². The molecule has 0 radical (unpaired) electrons. The fourth-order valence-electron chi connectivity index (χ4n) is 4.17. The van der Waals surface area contributed by atoms with Crippen molar-refractivity contribution >= 4 is 17.6 Å². The average Bonchev–Trinajstić information content (AvgIpc) is 3.45. The molecule has 4 rings (SSSR count). The summed E-state index contributed by atoms with van der Waals surface area (Å²) in [6, 6.07) is 20.3. The van der Waals surface area contributed by atoms with Crippen LogP contribution in [-0.2, 0) is 22.6 Å². The first-order valence-corrected chi connectivity index (χ1v) is 12.5. The number of rotatable bonds is 11. The van der Waals surface area contributed by atoms with Crippen LogP contribution in [0.15, 0.2) is 77.4 Å². The van der Waals surface area contributed by atoms with Crippen molar-refractivity contribution in [2.75, 3.05) is 58.4 Å². The van der Waals surface area contributed by atoms with E-state index in [1.54, 1.807) is 41.4 Å². The summed E-state index contributed by atoms with van der Waals surface area (Å²) in [7, 11) is 1.56. The number of benzene rings is 2. The van der Waals surface area contributed by atoms with E-state index in [0.29, 0.717) is 56.6 Å². The molecule has 1 fully saturated rings. The molecule has 2 heterocycles. The Morgan fingerprint density at radius 2 is 1.70 bits per heavy atom. The summed E-state index contributed by atoms with van der Waals surface area (Å²) in [4.78, 5) is 32.5. The van der Waals surface area contributed by atoms with Crippen LogP contribution in [-0.4, -0.2) is 79.7 Å². The fraction of sp³-hybridized carbons (Fsp3) is 0.357. The number of nitrogens with zero attached hydrogens (tertiary/aromatic N) is 3. The highest BCUT2D eigenvalue weighted by atomic mass is 16.5. The van der Waals surface area contributed by atoms with Crippen LogP contribution in [0, 0.1) is 0 Å². The molecule has 0 unspecified atom stereocenters. The smallest absolute Gasteiger partial charge is 0.322 e. The van der Waals surface area contributed by atoms with Gasteiger partial charge in [0.2, 0.25) is 5.91 Å². The van der Waals surface area contributed by atoms with Crippen molar-refractivity contribution < 1.29 is 23.5 Å². The van der Waals surface area contributed by atoms with E-state index in [1.807, 2.05) is 48.5 Å². The van der Waals surface area contributed by atoms with Gasteiger partial charge in [-0.25, -0.2) is 4.79 Å². The van der Waals surface area contributed by atoms with E-state index in [-0.39, 0.29) is 18.5 Å². The monoisotopic (exact) mass is 506 g/mol. The topological polar surface area (TPSA) is 87.5 Å². The van der Waals surface area contributed by atoms with Crippen molar-refractivity contribution in [2.24, 2.45) is 0 Å². The van der Waals surface area contributed by atoms with Gasteiger partial charge in [-0.05, 0) is 29.8 Å². The number of carbonyl (C=O) groups is 2. The van der Waals surface area contributed by atoms with E-state index in [2.05, 4.69) is 10.2 Å². The zero-order chi connectivity index (χ0) is 25.9. The van der Waals surface area contributed by atoms with Crippen molar-refractivity contribution in [3.63, 3.8) is 0 Å². The third-order valence-corrected chi connectivity index (χ3v) is 6.25. The van der Waals surface area contributed by atoms with E-state index in [1.165, 1.54) is 0 Å². The van der Waals surface area contributed by atoms with E-state index in [0.717, 1.165) is 18.7 Å². The van der Waals surface area contributed by atoms with E-state index >= 15 is 0 Å². The third-order valence-electron chi connectivity index (χ3n) is 6.25. The molecular weight excluding hydrogens is 472 g/mol. The van der Waals surface area contributed by atoms with Crippen LogP contribution in [0.25, 0.3) is 0 Å². The molecule has 0 aliphatic carbocycles. The lowest BCUT2D eigenvalue weighted by Gasteiger charge is -2.31. The molecule has 1 saturated heterocycles. The summed E-state index contributed by atoms with van der Waals surface area (Å²) in [5.74, 6) is 1.07. The van der Waals surface area contributed by atoms with Crippen molar-refractivity contribution in [3.8, 4) is 5.75 Å². The van der Waals surface area contributed by atoms with Crippen molar-refractivity contribution in [2.45, 2.75) is 13.1 Å². The van der Waals surface area contributed by atoms with Gasteiger partial charge in [-0.3, -0.25) is 9.69 Å². The van der Waals surface area contributed by atoms with Gasteiger partial charge < -0.3 is 29.0 Å². The van der Waals surface area contributed by atoms with Crippen LogP contribution in [0.5, 0.6) is 5.75 Å². The standard InChI is InChI=1S/C28H34N4O5/c1-35-26-12-6-5-11-25(26)29-28(34)31(14-13-30-15-18-36-19-16-30)22-27(33)32(21-24-10-7-17-37-24)20-23-8-3-2-4-9-23/h2-12,17H,13-16,18-22H2,1H3,(H,29,34). The molecule has 1 N–H and O–H groups in total. The third kappa shape index (κ3) is 7.83. The van der Waals surface area contributed by atoms with Crippen LogP contribution in [0.2, 0.25) is 0 Å². The number of hydrogen-bond donors (Lipinski definition) is 1. The number of amides is 3. The highest BCUT2D eigenvalue weighted by molar-refractivity contribution is 5.93. The van der Waals surface area contributed by atoms with Gasteiger partial charge in [-0.1, -0.05) is 42.5 Å². The van der Waals surface area contributed by atoms with Crippen LogP contribution < -0.4 is 10.1 Å². The number of carbonyl (C=O) groups excluding carboxylic acids is 2. The van der Waals surface area contributed by atoms with Gasteiger partial charge in [0, 0.05) is 32.7 Å². The Labute approximate surface area is 217 Å². The number of para-hydroxylation sites is 2. The van der Waals surface area contributed by atoms with Crippen molar-refractivity contribution in [1.82, 2.24) is 14.7 Å². The second-order valence-corrected chi connectivity index (χ2v) is 8.82. The average molecular weight is 507 g/mol. The second-order valence-electron chi connectivity index (χ2n) is 8.82. The Kier molecular flexibility index (Phi) is 9.56. The number of furan rings is 1. The Hall–Kier alpha value is -3.82. The molecule has 3 aromatic rings. The predicted molar refractivity (Wildman–Crippen MR) is 140 cm³/mol. The van der Waals surface area contributed by atoms with Gasteiger partial charge in [0.15, 0.2) is 0 Å². The van der Waals surface area contributed by atoms with Crippen LogP contribution in [0.4, 0.5) is 10.5 Å². The molecule has 0 spiro atoms. The molecule has 2 aromatic carbocycles. The molecule has 0 saturated carbocycles. The number of urea groups is 1. The van der Waals surface area contributed by atoms with E-state index in [4.69, 9.17) is 13.9 Å². The number of hydrogen-bond acceptors (Lipinski definition) is 6. The summed E-state index contributed by atoms with van der Waals surface area (Å²) in [6.45, 7) is 4.63. The first-order chi connectivity index (χ1) is 18.1. The molecule has 9 heteroatoms. The number of methoxy groups -OCH3 is 1. The first kappa shape index (κ1) is 26.2. The van der Waals surface area contributed by atoms with Gasteiger partial charge in [0.25, 0.3) is 0 Å². The Balaban J connectivity index is 1.50. The normalized spacial score (nSPS) is 13.6. The quantitative estimate of drug-likeness (QED) is 0.427. The number of morpholine rings is 1. The minimum Gasteiger partial charge on any atom is -0.495 e. The molecule has 3 amide bonds. The van der Waals surface area contributed by atoms with Crippen LogP contribution in [0.3, 0.4) is 0 Å². The Bertz CT molecular complexity index is 1120. The summed E-state index contributed by atoms with van der Waals surface area (Å²) < 4.78 is 16.3. The SMILES string of the molecule is COc1ccccc1NC(=O)N(CCN1CCOCC1)CC(=O)N(Cc1ccccc1)Cc1ccco1. The number of nitrogens with one attached hydrogen (secondary N) is 1. The predicted octanol–water partition coefficient (Wildman–Crippen LogP) is 3.68. The summed E-state index contributed by atoms with van der Waals surface area (Å²) in [5.41, 5.74) is 1.55. The van der Waals surface area contributed by atoms with Gasteiger partial charge in [0.1, 0.15) is 18.1 Å². The largest absolute Gasteiger partial charge is 0.495 e. The zero-order valence-electron chi connectivity index (χ0n) is 21.2. The number of anilines is 1. The van der Waals surface area contributed by atoms with Gasteiger partial charge in [-0.15, -0.1) is 0 Å². The number of ether oxygens (including phenoxy) is 2. The van der Waals surface area contributed by atoms with Crippen LogP contribution >= 0.6 is 0 Å². The summed E-state index contributed by atoms with van der Waals surface area (Å²) in [5, 5.41) is 2.92. The fourth-order valence-corrected chi connectivity index (χ4v) is 4.17. The molecule has 1 aliphatic heterocycles. The van der Waals surface area contributed by atoms with Crippen LogP contribution in [0.1, 0.15) is 11.3 Å². The molecule has 37 heavy (non-hydrogen) atoms. The maximum atomic E-state index is 13.6. The molecule has 196 valence electrons. The lowest BCUT2D eigenvalue weighted by molar-refractivity contribution is -0.133. The lowest BCUT2D eigenvalue weighted by atomic mass is 10.2. The second kappa shape index (κ2) is 13.5. The van der Waals surface area contributed by atoms with Gasteiger partial charge in [-0.2, -0.15) is 0 Å². The Morgan fingerprint density at radius 1 is 0.946 bits per heavy atom. The maximum absolute atomic E-state index is 13.6. The van der Waals surface area contributed by atoms with Gasteiger partial charge in [0.05, 0.1) is 38.8 Å². The highest BCUT2D eigenvalue weighted by Crippen LogP contribution is 2.23. The molecule has 0 atom stereocenters. The lowest BCUT2D eigenvalue weighted by Crippen LogP contribution is -2.48. The minimum absolute atomic E-state index is 0.0706. The first-order valence-electron chi connectivity index (χ1n) is 12.5. The molecular formula is C28H34N4O5. The van der Waals surface area contributed by atoms with Crippen molar-refractivity contribution in [3.05, 3.63) is 84.3 Å². The molecule has 9 nitrogen and oxygen atoms in total. The van der Waals surface area contributed by atoms with Gasteiger partial charge >= 0.3 is 6.03 Å². The minimum atomic E-state index is -0.358. The zero-order valence-corrected chi connectivity index (χ0v) is 21.2. The molecule has 0 bridgehead atoms. The highest BCUT2D eigenvalue weighted by Gasteiger charge is 2.24. The maximum Gasteiger partial charge on any atom is 0.322 e. The summed E-state index contributed by atoms with van der Waals surface area (Å²) >= 11 is 0. The molecule has 1 aromatic heterocycles. The summed E-state index contributed by atoms with van der Waals surface area (Å²) in [6.07, 6.45) is 1.59. The van der Waals surface area contributed by atoms with E-state index in [9.17, 15) is 9.59 Å². The molecule has 1 aliphatic rings.